The third-order valence-corrected chi connectivity index (χ3v) is 4.68. The minimum absolute atomic E-state index is 0.0311. The summed E-state index contributed by atoms with van der Waals surface area (Å²) in [5.41, 5.74) is 0.894. The lowest BCUT2D eigenvalue weighted by atomic mass is 10.1. The van der Waals surface area contributed by atoms with Crippen molar-refractivity contribution in [3.63, 3.8) is 0 Å². The van der Waals surface area contributed by atoms with Crippen LogP contribution in [0.5, 0.6) is 0 Å². The predicted octanol–water partition coefficient (Wildman–Crippen LogP) is 2.27. The molecule has 0 atom stereocenters. The molecule has 0 saturated carbocycles. The normalized spacial score (nSPS) is 11.2. The Labute approximate surface area is 134 Å². The zero-order chi connectivity index (χ0) is 16.3. The molecule has 2 N–H and O–H groups in total. The van der Waals surface area contributed by atoms with Gasteiger partial charge >= 0.3 is 0 Å². The first-order valence-electron chi connectivity index (χ1n) is 7.41. The van der Waals surface area contributed by atoms with Gasteiger partial charge in [0.05, 0.1) is 16.9 Å². The first-order valence-corrected chi connectivity index (χ1v) is 8.22. The van der Waals surface area contributed by atoms with Gasteiger partial charge in [0.25, 0.3) is 5.91 Å². The summed E-state index contributed by atoms with van der Waals surface area (Å²) in [5.74, 6) is 0.700. The topological polar surface area (TPSA) is 78.4 Å². The maximum atomic E-state index is 12.8. The molecular weight excluding hydrogens is 300 g/mol. The average molecular weight is 322 g/mol. The van der Waals surface area contributed by atoms with Crippen molar-refractivity contribution >= 4 is 33.3 Å². The van der Waals surface area contributed by atoms with Crippen molar-refractivity contribution in [2.75, 3.05) is 25.0 Å². The number of aromatic nitrogens is 2. The highest BCUT2D eigenvalue weighted by molar-refractivity contribution is 7.20. The predicted molar refractivity (Wildman–Crippen MR) is 89.6 cm³/mol. The van der Waals surface area contributed by atoms with Crippen LogP contribution in [0, 0.1) is 6.92 Å². The van der Waals surface area contributed by atoms with Gasteiger partial charge in [-0.25, -0.2) is 9.97 Å². The number of amides is 1. The smallest absolute Gasteiger partial charge is 0.264 e. The highest BCUT2D eigenvalue weighted by Crippen LogP contribution is 2.34. The second-order valence-corrected chi connectivity index (χ2v) is 6.30. The molecule has 0 spiro atoms. The monoisotopic (exact) mass is 322 g/mol. The molecule has 120 valence electrons. The molecular formula is C15H22N4O2S. The molecule has 22 heavy (non-hydrogen) atoms. The lowest BCUT2D eigenvalue weighted by molar-refractivity contribution is 0.0670. The quantitative estimate of drug-likeness (QED) is 0.853. The number of aryl methyl sites for hydroxylation is 1. The van der Waals surface area contributed by atoms with E-state index in [0.717, 1.165) is 28.1 Å². The molecule has 7 heteroatoms. The molecule has 6 nitrogen and oxygen atoms in total. The number of rotatable bonds is 6. The first-order chi connectivity index (χ1) is 10.5. The van der Waals surface area contributed by atoms with E-state index < -0.39 is 0 Å². The molecule has 0 aliphatic rings. The second kappa shape index (κ2) is 7.02. The minimum Gasteiger partial charge on any atom is -0.395 e. The molecule has 0 unspecified atom stereocenters. The molecule has 2 aromatic heterocycles. The Bertz CT molecular complexity index is 669. The van der Waals surface area contributed by atoms with E-state index in [1.54, 1.807) is 4.90 Å². The van der Waals surface area contributed by atoms with Crippen LogP contribution in [0.15, 0.2) is 6.33 Å². The van der Waals surface area contributed by atoms with Crippen molar-refractivity contribution in [3.8, 4) is 0 Å². The lowest BCUT2D eigenvalue weighted by Gasteiger charge is -2.25. The van der Waals surface area contributed by atoms with Gasteiger partial charge in [0.1, 0.15) is 17.0 Å². The minimum atomic E-state index is -0.0630. The molecule has 2 rings (SSSR count). The molecule has 0 aliphatic carbocycles. The van der Waals surface area contributed by atoms with Crippen LogP contribution in [0.2, 0.25) is 0 Å². The van der Waals surface area contributed by atoms with Crippen molar-refractivity contribution in [1.82, 2.24) is 14.9 Å². The summed E-state index contributed by atoms with van der Waals surface area (Å²) >= 11 is 1.38. The number of nitrogens with one attached hydrogen (secondary N) is 1. The van der Waals surface area contributed by atoms with E-state index in [9.17, 15) is 9.90 Å². The lowest BCUT2D eigenvalue weighted by Crippen LogP contribution is -2.38. The molecule has 0 bridgehead atoms. The molecule has 0 radical (unpaired) electrons. The third-order valence-electron chi connectivity index (χ3n) is 3.49. The number of aliphatic hydroxyl groups is 1. The highest BCUT2D eigenvalue weighted by Gasteiger charge is 2.24. The summed E-state index contributed by atoms with van der Waals surface area (Å²) in [5, 5.41) is 13.3. The van der Waals surface area contributed by atoms with Crippen molar-refractivity contribution in [3.05, 3.63) is 16.8 Å². The number of thiophene rings is 1. The number of fused-ring (bicyclic) bond motifs is 1. The first kappa shape index (κ1) is 16.6. The van der Waals surface area contributed by atoms with Crippen LogP contribution in [-0.2, 0) is 0 Å². The number of nitrogens with zero attached hydrogens (tertiary/aromatic N) is 3. The van der Waals surface area contributed by atoms with E-state index in [1.165, 1.54) is 17.7 Å². The van der Waals surface area contributed by atoms with Gasteiger partial charge in [-0.3, -0.25) is 4.79 Å². The number of carbonyl (C=O) groups is 1. The summed E-state index contributed by atoms with van der Waals surface area (Å²) in [4.78, 5) is 24.5. The molecule has 0 aromatic carbocycles. The van der Waals surface area contributed by atoms with E-state index >= 15 is 0 Å². The van der Waals surface area contributed by atoms with Gasteiger partial charge in [-0.1, -0.05) is 0 Å². The Morgan fingerprint density at radius 2 is 2.18 bits per heavy atom. The Kier molecular flexibility index (Phi) is 5.31. The van der Waals surface area contributed by atoms with Gasteiger partial charge in [-0.2, -0.15) is 0 Å². The number of hydrogen-bond acceptors (Lipinski definition) is 6. The van der Waals surface area contributed by atoms with Crippen molar-refractivity contribution in [1.29, 1.82) is 0 Å². The number of carbonyl (C=O) groups excluding carboxylic acids is 1. The third kappa shape index (κ3) is 3.05. The van der Waals surface area contributed by atoms with Gasteiger partial charge in [-0.05, 0) is 33.3 Å². The van der Waals surface area contributed by atoms with E-state index in [2.05, 4.69) is 15.3 Å². The van der Waals surface area contributed by atoms with Crippen LogP contribution in [0.3, 0.4) is 0 Å². The standard InChI is InChI=1S/C15H22N4O2S/c1-5-16-13-11-10(4)12(22-14(11)18-8-17-13)15(21)19(6-7-20)9(2)3/h8-9,20H,5-7H2,1-4H3,(H,16,17,18). The van der Waals surface area contributed by atoms with E-state index in [4.69, 9.17) is 0 Å². The van der Waals surface area contributed by atoms with Crippen LogP contribution < -0.4 is 5.32 Å². The Balaban J connectivity index is 2.50. The Morgan fingerprint density at radius 3 is 2.77 bits per heavy atom. The SMILES string of the molecule is CCNc1ncnc2sc(C(=O)N(CCO)C(C)C)c(C)c12. The fourth-order valence-electron chi connectivity index (χ4n) is 2.41. The molecule has 2 aromatic rings. The van der Waals surface area contributed by atoms with Gasteiger partial charge in [-0.15, -0.1) is 11.3 Å². The average Bonchev–Trinajstić information content (AvgIpc) is 2.82. The van der Waals surface area contributed by atoms with Gasteiger partial charge in [0.15, 0.2) is 0 Å². The Hall–Kier alpha value is -1.73. The zero-order valence-corrected chi connectivity index (χ0v) is 14.2. The molecule has 0 saturated heterocycles. The maximum absolute atomic E-state index is 12.8. The van der Waals surface area contributed by atoms with Crippen molar-refractivity contribution < 1.29 is 9.90 Å². The molecule has 0 fully saturated rings. The summed E-state index contributed by atoms with van der Waals surface area (Å²) in [6.45, 7) is 8.86. The van der Waals surface area contributed by atoms with Gasteiger partial charge in [0.2, 0.25) is 0 Å². The summed E-state index contributed by atoms with van der Waals surface area (Å²) in [7, 11) is 0. The maximum Gasteiger partial charge on any atom is 0.264 e. The van der Waals surface area contributed by atoms with Crippen LogP contribution in [-0.4, -0.2) is 51.6 Å². The van der Waals surface area contributed by atoms with Gasteiger partial charge in [0, 0.05) is 19.1 Å². The van der Waals surface area contributed by atoms with Crippen LogP contribution in [0.4, 0.5) is 5.82 Å². The van der Waals surface area contributed by atoms with Crippen LogP contribution in [0.1, 0.15) is 36.0 Å². The van der Waals surface area contributed by atoms with Gasteiger partial charge < -0.3 is 15.3 Å². The van der Waals surface area contributed by atoms with Crippen molar-refractivity contribution in [2.24, 2.45) is 0 Å². The fraction of sp³-hybridized carbons (Fsp3) is 0.533. The summed E-state index contributed by atoms with van der Waals surface area (Å²) in [6, 6.07) is 0.0311. The molecule has 2 heterocycles. The van der Waals surface area contributed by atoms with Crippen LogP contribution >= 0.6 is 11.3 Å². The number of hydrogen-bond donors (Lipinski definition) is 2. The number of anilines is 1. The zero-order valence-electron chi connectivity index (χ0n) is 13.4. The van der Waals surface area contributed by atoms with E-state index in [-0.39, 0.29) is 18.6 Å². The molecule has 0 aliphatic heterocycles. The van der Waals surface area contributed by atoms with Crippen molar-refractivity contribution in [2.45, 2.75) is 33.7 Å². The number of aliphatic hydroxyl groups excluding tert-OH is 1. The van der Waals surface area contributed by atoms with E-state index in [1.807, 2.05) is 27.7 Å². The summed E-state index contributed by atoms with van der Waals surface area (Å²) in [6.07, 6.45) is 1.51. The second-order valence-electron chi connectivity index (χ2n) is 5.30. The van der Waals surface area contributed by atoms with E-state index in [0.29, 0.717) is 11.4 Å². The fourth-order valence-corrected chi connectivity index (χ4v) is 3.51. The largest absolute Gasteiger partial charge is 0.395 e. The highest BCUT2D eigenvalue weighted by atomic mass is 32.1. The Morgan fingerprint density at radius 1 is 1.45 bits per heavy atom. The molecule has 1 amide bonds. The van der Waals surface area contributed by atoms with Crippen LogP contribution in [0.25, 0.3) is 10.2 Å². The summed E-state index contributed by atoms with van der Waals surface area (Å²) < 4.78 is 0.